The summed E-state index contributed by atoms with van der Waals surface area (Å²) in [4.78, 5) is 28.4. The summed E-state index contributed by atoms with van der Waals surface area (Å²) in [6.07, 6.45) is 9.45. The summed E-state index contributed by atoms with van der Waals surface area (Å²) < 4.78 is 11.9. The number of carbonyl (C=O) groups is 2. The van der Waals surface area contributed by atoms with E-state index in [9.17, 15) is 14.7 Å². The number of amides is 1. The van der Waals surface area contributed by atoms with Gasteiger partial charge in [-0.25, -0.2) is 4.79 Å². The number of benzene rings is 1. The number of nitrogens with two attached hydrogens (primary N) is 1. The van der Waals surface area contributed by atoms with Crippen LogP contribution in [0.4, 0.5) is 5.69 Å². The number of aromatic carboxylic acids is 1. The van der Waals surface area contributed by atoms with Crippen LogP contribution in [0.25, 0.3) is 10.9 Å². The predicted octanol–water partition coefficient (Wildman–Crippen LogP) is 4.23. The van der Waals surface area contributed by atoms with E-state index in [-0.39, 0.29) is 35.9 Å². The highest BCUT2D eigenvalue weighted by atomic mass is 16.5. The van der Waals surface area contributed by atoms with E-state index in [2.05, 4.69) is 10.3 Å². The van der Waals surface area contributed by atoms with Gasteiger partial charge in [0.2, 0.25) is 5.91 Å². The summed E-state index contributed by atoms with van der Waals surface area (Å²) in [5, 5.41) is 13.2. The molecule has 2 aliphatic rings. The Morgan fingerprint density at radius 1 is 1.12 bits per heavy atom. The fraction of sp³-hybridized carbons (Fsp3) is 0.577. The van der Waals surface area contributed by atoms with Crippen molar-refractivity contribution in [1.82, 2.24) is 10.3 Å². The van der Waals surface area contributed by atoms with Crippen LogP contribution in [0.3, 0.4) is 0 Å². The molecule has 2 fully saturated rings. The van der Waals surface area contributed by atoms with Crippen molar-refractivity contribution in [1.29, 1.82) is 0 Å². The number of fused-ring (bicyclic) bond motifs is 1. The minimum atomic E-state index is -1.10. The van der Waals surface area contributed by atoms with Gasteiger partial charge in [-0.2, -0.15) is 0 Å². The first-order chi connectivity index (χ1) is 16.4. The van der Waals surface area contributed by atoms with Gasteiger partial charge in [0.25, 0.3) is 0 Å². The van der Waals surface area contributed by atoms with Gasteiger partial charge >= 0.3 is 5.97 Å². The van der Waals surface area contributed by atoms with Crippen molar-refractivity contribution in [2.24, 2.45) is 5.92 Å². The Kier molecular flexibility index (Phi) is 7.88. The van der Waals surface area contributed by atoms with Crippen molar-refractivity contribution in [2.45, 2.75) is 76.9 Å². The molecule has 0 spiro atoms. The normalized spacial score (nSPS) is 21.3. The molecule has 1 aromatic carbocycles. The van der Waals surface area contributed by atoms with E-state index in [0.29, 0.717) is 34.9 Å². The molecule has 0 aliphatic heterocycles. The summed E-state index contributed by atoms with van der Waals surface area (Å²) in [6.45, 7) is 2.45. The number of anilines is 1. The summed E-state index contributed by atoms with van der Waals surface area (Å²) in [7, 11) is 0. The molecule has 2 saturated carbocycles. The number of rotatable bonds is 8. The number of carbonyl (C=O) groups excluding carboxylic acids is 1. The van der Waals surface area contributed by atoms with Crippen molar-refractivity contribution in [3.63, 3.8) is 0 Å². The third kappa shape index (κ3) is 5.78. The molecule has 8 nitrogen and oxygen atoms in total. The van der Waals surface area contributed by atoms with Crippen LogP contribution >= 0.6 is 0 Å². The Morgan fingerprint density at radius 2 is 1.85 bits per heavy atom. The summed E-state index contributed by atoms with van der Waals surface area (Å²) >= 11 is 0. The zero-order valence-corrected chi connectivity index (χ0v) is 19.8. The van der Waals surface area contributed by atoms with Gasteiger partial charge in [-0.05, 0) is 63.5 Å². The second-order valence-electron chi connectivity index (χ2n) is 9.62. The van der Waals surface area contributed by atoms with E-state index >= 15 is 0 Å². The Hall–Kier alpha value is -2.87. The van der Waals surface area contributed by atoms with E-state index in [1.807, 2.05) is 6.07 Å². The largest absolute Gasteiger partial charge is 0.490 e. The SMILES string of the molecule is Cc1nc2cccc(O[C@H]3CC[C@H](NC(=O)COCC4CCCCC4)CC3)c2c(N)c1C(=O)O. The molecule has 8 heteroatoms. The molecule has 184 valence electrons. The molecule has 0 unspecified atom stereocenters. The molecule has 0 bridgehead atoms. The van der Waals surface area contributed by atoms with Gasteiger partial charge in [-0.15, -0.1) is 0 Å². The van der Waals surface area contributed by atoms with Gasteiger partial charge in [0.15, 0.2) is 0 Å². The van der Waals surface area contributed by atoms with E-state index < -0.39 is 5.97 Å². The van der Waals surface area contributed by atoms with Crippen LogP contribution in [0.2, 0.25) is 0 Å². The van der Waals surface area contributed by atoms with Crippen LogP contribution in [0.15, 0.2) is 18.2 Å². The number of carboxylic acids is 1. The van der Waals surface area contributed by atoms with Crippen LogP contribution in [-0.4, -0.2) is 47.3 Å². The molecule has 34 heavy (non-hydrogen) atoms. The molecule has 4 N–H and O–H groups in total. The Balaban J connectivity index is 1.29. The molecule has 4 rings (SSSR count). The third-order valence-corrected chi connectivity index (χ3v) is 7.05. The summed E-state index contributed by atoms with van der Waals surface area (Å²) in [5.41, 5.74) is 7.43. The lowest BCUT2D eigenvalue weighted by Gasteiger charge is -2.30. The number of carboxylic acid groups (broad SMARTS) is 1. The number of ether oxygens (including phenoxy) is 2. The lowest BCUT2D eigenvalue weighted by molar-refractivity contribution is -0.127. The summed E-state index contributed by atoms with van der Waals surface area (Å²) in [6, 6.07) is 5.56. The first-order valence-electron chi connectivity index (χ1n) is 12.4. The lowest BCUT2D eigenvalue weighted by atomic mass is 9.90. The quantitative estimate of drug-likeness (QED) is 0.528. The first kappa shape index (κ1) is 24.3. The maximum atomic E-state index is 12.3. The zero-order valence-electron chi connectivity index (χ0n) is 19.8. The number of aryl methyl sites for hydroxylation is 1. The molecule has 1 aromatic heterocycles. The standard InChI is InChI=1S/C26H35N3O5/c1-16-23(26(31)32)25(27)24-20(28-16)8-5-9-21(24)34-19-12-10-18(11-13-19)29-22(30)15-33-14-17-6-3-2-4-7-17/h5,8-9,17-19H,2-4,6-7,10-15H2,1H3,(H2,27,28)(H,29,30)(H,31,32)/t18-,19-. The number of hydrogen-bond donors (Lipinski definition) is 3. The van der Waals surface area contributed by atoms with Crippen molar-refractivity contribution in [3.8, 4) is 5.75 Å². The van der Waals surface area contributed by atoms with E-state index in [1.54, 1.807) is 19.1 Å². The fourth-order valence-electron chi connectivity index (χ4n) is 5.25. The van der Waals surface area contributed by atoms with Crippen molar-refractivity contribution in [3.05, 3.63) is 29.5 Å². The first-order valence-corrected chi connectivity index (χ1v) is 12.4. The van der Waals surface area contributed by atoms with Crippen molar-refractivity contribution in [2.75, 3.05) is 18.9 Å². The van der Waals surface area contributed by atoms with Gasteiger partial charge in [-0.1, -0.05) is 25.3 Å². The van der Waals surface area contributed by atoms with Gasteiger partial charge in [0, 0.05) is 6.04 Å². The van der Waals surface area contributed by atoms with Crippen molar-refractivity contribution >= 4 is 28.5 Å². The predicted molar refractivity (Wildman–Crippen MR) is 130 cm³/mol. The van der Waals surface area contributed by atoms with E-state index in [4.69, 9.17) is 15.2 Å². The monoisotopic (exact) mass is 469 g/mol. The highest BCUT2D eigenvalue weighted by Gasteiger charge is 2.26. The minimum absolute atomic E-state index is 0.0145. The van der Waals surface area contributed by atoms with Gasteiger partial charge < -0.3 is 25.6 Å². The van der Waals surface area contributed by atoms with Crippen LogP contribution in [0.5, 0.6) is 5.75 Å². The molecule has 1 heterocycles. The summed E-state index contributed by atoms with van der Waals surface area (Å²) in [5.74, 6) is -0.000597. The number of nitrogens with zero attached hydrogens (tertiary/aromatic N) is 1. The van der Waals surface area contributed by atoms with Crippen molar-refractivity contribution < 1.29 is 24.2 Å². The molecule has 2 aliphatic carbocycles. The number of pyridine rings is 1. The smallest absolute Gasteiger partial charge is 0.339 e. The fourth-order valence-corrected chi connectivity index (χ4v) is 5.25. The van der Waals surface area contributed by atoms with Crippen LogP contribution in [-0.2, 0) is 9.53 Å². The molecule has 0 atom stereocenters. The van der Waals surface area contributed by atoms with Gasteiger partial charge in [-0.3, -0.25) is 9.78 Å². The highest BCUT2D eigenvalue weighted by Crippen LogP contribution is 2.35. The van der Waals surface area contributed by atoms with Gasteiger partial charge in [0.05, 0.1) is 35.0 Å². The Bertz CT molecular complexity index is 1030. The third-order valence-electron chi connectivity index (χ3n) is 7.05. The van der Waals surface area contributed by atoms with Crippen LogP contribution in [0.1, 0.15) is 73.8 Å². The second kappa shape index (κ2) is 11.0. The molecule has 0 radical (unpaired) electrons. The number of nitrogens with one attached hydrogen (secondary N) is 1. The molecule has 0 saturated heterocycles. The number of aromatic nitrogens is 1. The minimum Gasteiger partial charge on any atom is -0.490 e. The topological polar surface area (TPSA) is 124 Å². The van der Waals surface area contributed by atoms with Gasteiger partial charge in [0.1, 0.15) is 17.9 Å². The van der Waals surface area contributed by atoms with E-state index in [1.165, 1.54) is 32.1 Å². The van der Waals surface area contributed by atoms with Crippen LogP contribution < -0.4 is 15.8 Å². The molecular weight excluding hydrogens is 434 g/mol. The molecule has 1 amide bonds. The van der Waals surface area contributed by atoms with E-state index in [0.717, 1.165) is 25.7 Å². The molecule has 2 aromatic rings. The number of nitrogen functional groups attached to an aromatic ring is 1. The molecular formula is C26H35N3O5. The average molecular weight is 470 g/mol. The van der Waals surface area contributed by atoms with Crippen LogP contribution in [0, 0.1) is 12.8 Å². The number of hydrogen-bond acceptors (Lipinski definition) is 6. The maximum absolute atomic E-state index is 12.3. The zero-order chi connectivity index (χ0) is 24.1. The average Bonchev–Trinajstić information content (AvgIpc) is 2.80. The second-order valence-corrected chi connectivity index (χ2v) is 9.62. The maximum Gasteiger partial charge on any atom is 0.339 e. The lowest BCUT2D eigenvalue weighted by Crippen LogP contribution is -2.41. The Morgan fingerprint density at radius 3 is 2.56 bits per heavy atom. The highest BCUT2D eigenvalue weighted by molar-refractivity contribution is 6.06. The Labute approximate surface area is 200 Å².